The van der Waals surface area contributed by atoms with Crippen LogP contribution in [-0.4, -0.2) is 50.4 Å². The number of allylic oxidation sites excluding steroid dienone is 2. The van der Waals surface area contributed by atoms with Gasteiger partial charge in [0, 0.05) is 26.4 Å². The van der Waals surface area contributed by atoms with Crippen molar-refractivity contribution in [2.24, 2.45) is 22.7 Å². The zero-order valence-corrected chi connectivity index (χ0v) is 19.9. The Morgan fingerprint density at radius 1 is 1.22 bits per heavy atom. The number of carbonyl (C=O) groups is 3. The second-order valence-corrected chi connectivity index (χ2v) is 9.95. The molecule has 2 unspecified atom stereocenters. The van der Waals surface area contributed by atoms with E-state index in [-0.39, 0.29) is 60.6 Å². The smallest absolute Gasteiger partial charge is 0.336 e. The molecule has 32 heavy (non-hydrogen) atoms. The summed E-state index contributed by atoms with van der Waals surface area (Å²) in [4.78, 5) is 35.6. The summed E-state index contributed by atoms with van der Waals surface area (Å²) in [6.45, 7) is 12.0. The van der Waals surface area contributed by atoms with Crippen LogP contribution in [0.15, 0.2) is 23.8 Å². The van der Waals surface area contributed by atoms with E-state index in [9.17, 15) is 14.4 Å². The first-order valence-electron chi connectivity index (χ1n) is 11.4. The Morgan fingerprint density at radius 2 is 1.94 bits per heavy atom. The van der Waals surface area contributed by atoms with Crippen LogP contribution in [0.2, 0.25) is 0 Å². The van der Waals surface area contributed by atoms with Crippen molar-refractivity contribution in [3.8, 4) is 0 Å². The molecular weight excluding hydrogens is 412 g/mol. The highest BCUT2D eigenvalue weighted by Crippen LogP contribution is 2.62. The number of hydrogen-bond acceptors (Lipinski definition) is 7. The van der Waals surface area contributed by atoms with Crippen LogP contribution < -0.4 is 0 Å². The molecule has 1 heterocycles. The summed E-state index contributed by atoms with van der Waals surface area (Å²) < 4.78 is 21.8. The SMILES string of the molecule is C=C1CCC2[C@](C)(COC(C)=O)[C@H](OC(C)=O)CC[C@@]2(C)[C@@H]1C/C=C1\C(=O)OCC1OC. The van der Waals surface area contributed by atoms with E-state index >= 15 is 0 Å². The second kappa shape index (κ2) is 9.38. The maximum absolute atomic E-state index is 12.2. The van der Waals surface area contributed by atoms with Gasteiger partial charge in [0.15, 0.2) is 0 Å². The molecule has 3 rings (SSSR count). The Hall–Kier alpha value is -2.15. The van der Waals surface area contributed by atoms with Crippen LogP contribution in [0.25, 0.3) is 0 Å². The van der Waals surface area contributed by atoms with E-state index < -0.39 is 5.41 Å². The lowest BCUT2D eigenvalue weighted by molar-refractivity contribution is -0.191. The molecule has 0 radical (unpaired) electrons. The minimum atomic E-state index is -0.502. The highest BCUT2D eigenvalue weighted by atomic mass is 16.6. The molecule has 0 amide bonds. The standard InChI is InChI=1S/C25H36O7/c1-15-7-10-21-24(4,19(15)9-8-18-20(29-6)13-30-23(18)28)12-11-22(32-17(3)27)25(21,5)14-31-16(2)26/h8,19-22H,1,7,9-14H2,2-6H3/b18-8-/t19-,20?,21?,22-,24+,25+/m1/s1. The van der Waals surface area contributed by atoms with Crippen LogP contribution in [0.3, 0.4) is 0 Å². The number of carbonyl (C=O) groups excluding carboxylic acids is 3. The molecule has 3 fully saturated rings. The van der Waals surface area contributed by atoms with Gasteiger partial charge in [-0.3, -0.25) is 9.59 Å². The molecule has 6 atom stereocenters. The molecule has 0 bridgehead atoms. The summed E-state index contributed by atoms with van der Waals surface area (Å²) in [6.07, 6.45) is 5.24. The van der Waals surface area contributed by atoms with Gasteiger partial charge in [0.25, 0.3) is 0 Å². The largest absolute Gasteiger partial charge is 0.465 e. The molecule has 3 aliphatic rings. The summed E-state index contributed by atoms with van der Waals surface area (Å²) in [5.41, 5.74) is 1.10. The maximum Gasteiger partial charge on any atom is 0.336 e. The minimum Gasteiger partial charge on any atom is -0.465 e. The van der Waals surface area contributed by atoms with Crippen molar-refractivity contribution < 1.29 is 33.3 Å². The van der Waals surface area contributed by atoms with Gasteiger partial charge in [-0.15, -0.1) is 0 Å². The van der Waals surface area contributed by atoms with Gasteiger partial charge in [0.1, 0.15) is 25.4 Å². The van der Waals surface area contributed by atoms with E-state index in [1.807, 2.05) is 6.08 Å². The number of hydrogen-bond donors (Lipinski definition) is 0. The molecule has 0 N–H and O–H groups in total. The molecule has 2 saturated carbocycles. The Balaban J connectivity index is 1.92. The predicted octanol–water partition coefficient (Wildman–Crippen LogP) is 3.76. The molecule has 2 aliphatic carbocycles. The Kier molecular flexibility index (Phi) is 7.18. The first-order chi connectivity index (χ1) is 15.0. The Labute approximate surface area is 190 Å². The van der Waals surface area contributed by atoms with Crippen LogP contribution in [0.1, 0.15) is 59.8 Å². The third-order valence-corrected chi connectivity index (χ3v) is 8.02. The zero-order chi connectivity index (χ0) is 23.7. The van der Waals surface area contributed by atoms with Crippen molar-refractivity contribution in [1.29, 1.82) is 0 Å². The van der Waals surface area contributed by atoms with Gasteiger partial charge in [-0.1, -0.05) is 32.1 Å². The lowest BCUT2D eigenvalue weighted by Gasteiger charge is -2.60. The zero-order valence-electron chi connectivity index (χ0n) is 19.9. The first-order valence-corrected chi connectivity index (χ1v) is 11.4. The van der Waals surface area contributed by atoms with Crippen molar-refractivity contribution in [2.75, 3.05) is 20.3 Å². The minimum absolute atomic E-state index is 0.136. The molecule has 1 saturated heterocycles. The molecule has 0 spiro atoms. The fraction of sp³-hybridized carbons (Fsp3) is 0.720. The summed E-state index contributed by atoms with van der Waals surface area (Å²) in [5.74, 6) is -0.672. The third-order valence-electron chi connectivity index (χ3n) is 8.02. The molecular formula is C25H36O7. The van der Waals surface area contributed by atoms with E-state index in [2.05, 4.69) is 20.4 Å². The van der Waals surface area contributed by atoms with Crippen LogP contribution in [0.5, 0.6) is 0 Å². The molecule has 1 aliphatic heterocycles. The summed E-state index contributed by atoms with van der Waals surface area (Å²) in [6, 6.07) is 0. The fourth-order valence-electron chi connectivity index (χ4n) is 6.36. The van der Waals surface area contributed by atoms with Gasteiger partial charge >= 0.3 is 17.9 Å². The topological polar surface area (TPSA) is 88.1 Å². The van der Waals surface area contributed by atoms with E-state index in [0.29, 0.717) is 18.4 Å². The Morgan fingerprint density at radius 3 is 2.56 bits per heavy atom. The van der Waals surface area contributed by atoms with Crippen LogP contribution in [0.4, 0.5) is 0 Å². The van der Waals surface area contributed by atoms with Crippen molar-refractivity contribution in [3.05, 3.63) is 23.8 Å². The fourth-order valence-corrected chi connectivity index (χ4v) is 6.36. The normalized spacial score (nSPS) is 38.2. The van der Waals surface area contributed by atoms with Gasteiger partial charge in [0.2, 0.25) is 0 Å². The molecule has 0 aromatic rings. The molecule has 0 aromatic heterocycles. The highest BCUT2D eigenvalue weighted by Gasteiger charge is 2.59. The van der Waals surface area contributed by atoms with Gasteiger partial charge in [-0.2, -0.15) is 0 Å². The first kappa shape index (κ1) is 24.5. The Bertz CT molecular complexity index is 815. The van der Waals surface area contributed by atoms with E-state index in [4.69, 9.17) is 18.9 Å². The predicted molar refractivity (Wildman–Crippen MR) is 117 cm³/mol. The summed E-state index contributed by atoms with van der Waals surface area (Å²) >= 11 is 0. The van der Waals surface area contributed by atoms with E-state index in [1.54, 1.807) is 7.11 Å². The monoisotopic (exact) mass is 448 g/mol. The average molecular weight is 449 g/mol. The second-order valence-electron chi connectivity index (χ2n) is 9.95. The lowest BCUT2D eigenvalue weighted by Crippen LogP contribution is -2.58. The van der Waals surface area contributed by atoms with E-state index in [0.717, 1.165) is 19.3 Å². The summed E-state index contributed by atoms with van der Waals surface area (Å²) in [7, 11) is 1.58. The number of cyclic esters (lactones) is 1. The van der Waals surface area contributed by atoms with Crippen molar-refractivity contribution in [3.63, 3.8) is 0 Å². The number of fused-ring (bicyclic) bond motifs is 1. The van der Waals surface area contributed by atoms with Gasteiger partial charge < -0.3 is 18.9 Å². The highest BCUT2D eigenvalue weighted by molar-refractivity contribution is 5.91. The molecule has 178 valence electrons. The van der Waals surface area contributed by atoms with Crippen LogP contribution in [-0.2, 0) is 33.3 Å². The quantitative estimate of drug-likeness (QED) is 0.265. The van der Waals surface area contributed by atoms with Gasteiger partial charge in [-0.05, 0) is 49.4 Å². The van der Waals surface area contributed by atoms with Crippen molar-refractivity contribution in [2.45, 2.75) is 72.0 Å². The molecule has 7 heteroatoms. The molecule has 0 aromatic carbocycles. The number of methoxy groups -OCH3 is 1. The van der Waals surface area contributed by atoms with Gasteiger partial charge in [0.05, 0.1) is 5.57 Å². The maximum atomic E-state index is 12.2. The van der Waals surface area contributed by atoms with E-state index in [1.165, 1.54) is 19.4 Å². The lowest BCUT2D eigenvalue weighted by atomic mass is 9.46. The summed E-state index contributed by atoms with van der Waals surface area (Å²) in [5, 5.41) is 0. The van der Waals surface area contributed by atoms with Gasteiger partial charge in [-0.25, -0.2) is 4.79 Å². The third kappa shape index (κ3) is 4.49. The van der Waals surface area contributed by atoms with Crippen LogP contribution >= 0.6 is 0 Å². The number of rotatable bonds is 6. The average Bonchev–Trinajstić information content (AvgIpc) is 3.08. The van der Waals surface area contributed by atoms with Crippen LogP contribution in [0, 0.1) is 22.7 Å². The number of esters is 3. The number of ether oxygens (including phenoxy) is 4. The van der Waals surface area contributed by atoms with Crippen molar-refractivity contribution in [1.82, 2.24) is 0 Å². The van der Waals surface area contributed by atoms with Crippen molar-refractivity contribution >= 4 is 17.9 Å². The molecule has 7 nitrogen and oxygen atoms in total.